The standard InChI is InChI=1S/C30H42O8/c1-16-23(32)25(34-4)24(33)26(36-16)37-19-6-9-27(2)18(14-19)5-11-29-21(27)8-10-28(3)20(7-12-30(28,29)38-29)17-13-22(31)35-15-17/h7,13,16,18-19,21,23-26,32-33H,5-6,8-12,14-15H2,1-4H3/t16-,18-,19+,21-,23+,24-,25+,26-,27+,28-,29+,30-/m1/s1. The number of ether oxygens (including phenoxy) is 5. The number of carbonyl (C=O) groups is 1. The summed E-state index contributed by atoms with van der Waals surface area (Å²) in [5.74, 6) is 0.810. The van der Waals surface area contributed by atoms with Crippen LogP contribution in [0.2, 0.25) is 0 Å². The van der Waals surface area contributed by atoms with E-state index < -0.39 is 30.7 Å². The fraction of sp³-hybridized carbons (Fsp3) is 0.833. The van der Waals surface area contributed by atoms with Crippen molar-refractivity contribution >= 4 is 5.97 Å². The molecule has 0 aromatic carbocycles. The molecule has 8 nitrogen and oxygen atoms in total. The van der Waals surface area contributed by atoms with Gasteiger partial charge in [-0.3, -0.25) is 0 Å². The summed E-state index contributed by atoms with van der Waals surface area (Å²) in [6.45, 7) is 7.02. The third-order valence-electron chi connectivity index (χ3n) is 12.1. The van der Waals surface area contributed by atoms with Gasteiger partial charge in [0.1, 0.15) is 36.1 Å². The molecule has 38 heavy (non-hydrogen) atoms. The smallest absolute Gasteiger partial charge is 0.331 e. The monoisotopic (exact) mass is 530 g/mol. The van der Waals surface area contributed by atoms with Crippen molar-refractivity contribution in [1.82, 2.24) is 0 Å². The lowest BCUT2D eigenvalue weighted by atomic mass is 9.44. The Morgan fingerprint density at radius 3 is 2.63 bits per heavy atom. The normalized spacial score (nSPS) is 55.2. The summed E-state index contributed by atoms with van der Waals surface area (Å²) >= 11 is 0. The van der Waals surface area contributed by atoms with E-state index in [0.29, 0.717) is 18.4 Å². The van der Waals surface area contributed by atoms with Gasteiger partial charge in [0.05, 0.1) is 12.2 Å². The first-order chi connectivity index (χ1) is 18.1. The lowest BCUT2D eigenvalue weighted by molar-refractivity contribution is -0.312. The number of aliphatic hydroxyl groups excluding tert-OH is 2. The van der Waals surface area contributed by atoms with Crippen molar-refractivity contribution < 1.29 is 38.7 Å². The van der Waals surface area contributed by atoms with E-state index in [1.807, 2.05) is 0 Å². The van der Waals surface area contributed by atoms with E-state index in [-0.39, 0.29) is 34.1 Å². The van der Waals surface area contributed by atoms with E-state index in [1.165, 1.54) is 12.7 Å². The molecular weight excluding hydrogens is 488 g/mol. The Hall–Kier alpha value is -1.29. The molecule has 0 bridgehead atoms. The predicted molar refractivity (Wildman–Crippen MR) is 136 cm³/mol. The number of carbonyl (C=O) groups excluding carboxylic acids is 1. The molecule has 3 saturated carbocycles. The second-order valence-corrected chi connectivity index (χ2v) is 13.5. The number of cyclic esters (lactones) is 1. The zero-order chi connectivity index (χ0) is 26.7. The molecule has 7 aliphatic rings. The first kappa shape index (κ1) is 25.7. The number of hydrogen-bond acceptors (Lipinski definition) is 8. The molecule has 3 heterocycles. The van der Waals surface area contributed by atoms with Crippen LogP contribution in [-0.2, 0) is 28.5 Å². The molecule has 0 aromatic rings. The van der Waals surface area contributed by atoms with Gasteiger partial charge < -0.3 is 33.9 Å². The number of esters is 1. The highest BCUT2D eigenvalue weighted by atomic mass is 16.7. The summed E-state index contributed by atoms with van der Waals surface area (Å²) in [5, 5.41) is 21.1. The minimum absolute atomic E-state index is 0.0104. The van der Waals surface area contributed by atoms with Gasteiger partial charge in [-0.15, -0.1) is 0 Å². The number of epoxide rings is 1. The van der Waals surface area contributed by atoms with Crippen LogP contribution in [0.15, 0.2) is 23.3 Å². The molecule has 210 valence electrons. The van der Waals surface area contributed by atoms with Gasteiger partial charge in [0.25, 0.3) is 0 Å². The fourth-order valence-electron chi connectivity index (χ4n) is 10.0. The van der Waals surface area contributed by atoms with Crippen LogP contribution in [0, 0.1) is 22.7 Å². The Kier molecular flexibility index (Phi) is 5.65. The van der Waals surface area contributed by atoms with Gasteiger partial charge in [0.2, 0.25) is 0 Å². The van der Waals surface area contributed by atoms with E-state index >= 15 is 0 Å². The Labute approximate surface area is 224 Å². The van der Waals surface area contributed by atoms with Crippen molar-refractivity contribution in [3.05, 3.63) is 23.3 Å². The van der Waals surface area contributed by atoms with Crippen molar-refractivity contribution in [3.63, 3.8) is 0 Å². The number of rotatable bonds is 4. The SMILES string of the molecule is CO[C@H]1[C@@H](O)[C@@H](C)O[C@H](O[C@H]2CC[C@@]3(C)[C@H](CC[C@@]45O[C@@]46CC=C(C4=CC(=O)OC4)[C@@]6(C)CC[C@H]35)C2)[C@@H]1O. The highest BCUT2D eigenvalue weighted by Crippen LogP contribution is 2.80. The summed E-state index contributed by atoms with van der Waals surface area (Å²) in [6, 6.07) is 0. The molecule has 3 aliphatic heterocycles. The molecular formula is C30H42O8. The molecule has 5 fully saturated rings. The molecule has 0 aromatic heterocycles. The number of methoxy groups -OCH3 is 1. The molecule has 2 saturated heterocycles. The first-order valence-electron chi connectivity index (χ1n) is 14.6. The Bertz CT molecular complexity index is 1090. The van der Waals surface area contributed by atoms with Gasteiger partial charge >= 0.3 is 5.97 Å². The van der Waals surface area contributed by atoms with E-state index in [4.69, 9.17) is 23.7 Å². The molecule has 2 spiro atoms. The van der Waals surface area contributed by atoms with Crippen LogP contribution in [0.3, 0.4) is 0 Å². The van der Waals surface area contributed by atoms with Crippen LogP contribution in [0.25, 0.3) is 0 Å². The van der Waals surface area contributed by atoms with Crippen LogP contribution < -0.4 is 0 Å². The summed E-state index contributed by atoms with van der Waals surface area (Å²) in [5.41, 5.74) is 2.20. The number of fused-ring (bicyclic) bond motifs is 2. The molecule has 12 atom stereocenters. The summed E-state index contributed by atoms with van der Waals surface area (Å²) < 4.78 is 29.9. The predicted octanol–water partition coefficient (Wildman–Crippen LogP) is 3.19. The lowest BCUT2D eigenvalue weighted by Gasteiger charge is -2.58. The summed E-state index contributed by atoms with van der Waals surface area (Å²) in [4.78, 5) is 11.8. The number of aliphatic hydroxyl groups is 2. The maximum Gasteiger partial charge on any atom is 0.331 e. The maximum atomic E-state index is 11.8. The highest BCUT2D eigenvalue weighted by Gasteiger charge is 2.85. The van der Waals surface area contributed by atoms with E-state index in [9.17, 15) is 15.0 Å². The average molecular weight is 531 g/mol. The maximum absolute atomic E-state index is 11.8. The van der Waals surface area contributed by atoms with Crippen molar-refractivity contribution in [2.24, 2.45) is 22.7 Å². The quantitative estimate of drug-likeness (QED) is 0.324. The summed E-state index contributed by atoms with van der Waals surface area (Å²) in [6.07, 6.45) is 8.36. The topological polar surface area (TPSA) is 107 Å². The van der Waals surface area contributed by atoms with Gasteiger partial charge in [-0.05, 0) is 81.1 Å². The largest absolute Gasteiger partial charge is 0.458 e. The molecule has 2 N–H and O–H groups in total. The van der Waals surface area contributed by atoms with E-state index in [1.54, 1.807) is 13.0 Å². The molecule has 0 amide bonds. The van der Waals surface area contributed by atoms with Crippen LogP contribution >= 0.6 is 0 Å². The zero-order valence-electron chi connectivity index (χ0n) is 23.0. The zero-order valence-corrected chi connectivity index (χ0v) is 23.0. The van der Waals surface area contributed by atoms with Gasteiger partial charge in [-0.1, -0.05) is 19.9 Å². The Balaban J connectivity index is 1.07. The molecule has 7 rings (SSSR count). The van der Waals surface area contributed by atoms with Crippen LogP contribution in [0.5, 0.6) is 0 Å². The van der Waals surface area contributed by atoms with Gasteiger partial charge in [0.15, 0.2) is 6.29 Å². The minimum atomic E-state index is -1.02. The minimum Gasteiger partial charge on any atom is -0.458 e. The second kappa shape index (κ2) is 8.37. The lowest BCUT2D eigenvalue weighted by Crippen LogP contribution is -2.60. The first-order valence-corrected chi connectivity index (χ1v) is 14.6. The molecule has 0 unspecified atom stereocenters. The highest BCUT2D eigenvalue weighted by molar-refractivity contribution is 5.87. The van der Waals surface area contributed by atoms with E-state index in [0.717, 1.165) is 56.9 Å². The number of hydrogen-bond donors (Lipinski definition) is 2. The molecule has 4 aliphatic carbocycles. The van der Waals surface area contributed by atoms with Crippen molar-refractivity contribution in [2.75, 3.05) is 13.7 Å². The van der Waals surface area contributed by atoms with Crippen molar-refractivity contribution in [1.29, 1.82) is 0 Å². The Morgan fingerprint density at radius 1 is 1.08 bits per heavy atom. The van der Waals surface area contributed by atoms with Crippen LogP contribution in [0.1, 0.15) is 72.1 Å². The van der Waals surface area contributed by atoms with E-state index in [2.05, 4.69) is 19.9 Å². The molecule has 0 radical (unpaired) electrons. The van der Waals surface area contributed by atoms with Gasteiger partial charge in [-0.2, -0.15) is 0 Å². The third-order valence-corrected chi connectivity index (χ3v) is 12.1. The summed E-state index contributed by atoms with van der Waals surface area (Å²) in [7, 11) is 1.50. The molecule has 8 heteroatoms. The third kappa shape index (κ3) is 3.16. The van der Waals surface area contributed by atoms with Crippen LogP contribution in [0.4, 0.5) is 0 Å². The second-order valence-electron chi connectivity index (χ2n) is 13.5. The average Bonchev–Trinajstić information content (AvgIpc) is 3.20. The van der Waals surface area contributed by atoms with Gasteiger partial charge in [0, 0.05) is 24.2 Å². The van der Waals surface area contributed by atoms with Crippen molar-refractivity contribution in [3.8, 4) is 0 Å². The van der Waals surface area contributed by atoms with Crippen molar-refractivity contribution in [2.45, 2.75) is 120 Å². The van der Waals surface area contributed by atoms with Crippen LogP contribution in [-0.4, -0.2) is 77.9 Å². The fourth-order valence-corrected chi connectivity index (χ4v) is 10.0. The Morgan fingerprint density at radius 2 is 1.89 bits per heavy atom. The van der Waals surface area contributed by atoms with Gasteiger partial charge in [-0.25, -0.2) is 4.79 Å².